The Bertz CT molecular complexity index is 926. The fourth-order valence-corrected chi connectivity index (χ4v) is 4.79. The van der Waals surface area contributed by atoms with Crippen molar-refractivity contribution in [1.82, 2.24) is 4.31 Å². The highest BCUT2D eigenvalue weighted by atomic mass is 32.2. The lowest BCUT2D eigenvalue weighted by molar-refractivity contribution is -0.119. The van der Waals surface area contributed by atoms with Gasteiger partial charge >= 0.3 is 0 Å². The van der Waals surface area contributed by atoms with Crippen LogP contribution in [0, 0.1) is 19.7 Å². The van der Waals surface area contributed by atoms with Crippen LogP contribution in [0.1, 0.15) is 24.0 Å². The highest BCUT2D eigenvalue weighted by molar-refractivity contribution is 7.89. The quantitative estimate of drug-likeness (QED) is 0.891. The highest BCUT2D eigenvalue weighted by Crippen LogP contribution is 2.28. The number of benzene rings is 2. The Morgan fingerprint density at radius 1 is 1.15 bits per heavy atom. The van der Waals surface area contributed by atoms with E-state index in [9.17, 15) is 17.6 Å². The summed E-state index contributed by atoms with van der Waals surface area (Å²) in [5, 5.41) is 2.85. The summed E-state index contributed by atoms with van der Waals surface area (Å²) in [6.07, 6.45) is 1.06. The third-order valence-electron chi connectivity index (χ3n) is 4.79. The summed E-state index contributed by atoms with van der Waals surface area (Å²) in [6.45, 7) is 4.13. The molecule has 1 heterocycles. The van der Waals surface area contributed by atoms with E-state index in [1.807, 2.05) is 26.0 Å². The molecule has 7 heteroatoms. The van der Waals surface area contributed by atoms with E-state index in [1.165, 1.54) is 16.4 Å². The van der Waals surface area contributed by atoms with Crippen LogP contribution in [-0.4, -0.2) is 31.2 Å². The molecular formula is C19H21FN2O3S. The molecule has 0 bridgehead atoms. The number of carbonyl (C=O) groups is 1. The maximum Gasteiger partial charge on any atom is 0.243 e. The van der Waals surface area contributed by atoms with Crippen LogP contribution in [0.4, 0.5) is 10.1 Å². The number of hydrogen-bond donors (Lipinski definition) is 1. The Hall–Kier alpha value is -2.25. The Balaban J connectivity index is 1.84. The van der Waals surface area contributed by atoms with Crippen molar-refractivity contribution in [1.29, 1.82) is 0 Å². The second-order valence-corrected chi connectivity index (χ2v) is 8.35. The van der Waals surface area contributed by atoms with Crippen LogP contribution in [-0.2, 0) is 14.8 Å². The van der Waals surface area contributed by atoms with Gasteiger partial charge in [0.05, 0.1) is 4.90 Å². The van der Waals surface area contributed by atoms with Crippen LogP contribution >= 0.6 is 0 Å². The minimum atomic E-state index is -3.85. The Morgan fingerprint density at radius 2 is 1.85 bits per heavy atom. The standard InChI is InChI=1S/C19H21FN2O3S/c1-13-5-3-6-17(14(13)2)21-19(23)18-7-4-12-22(18)26(24,25)16-10-8-15(20)9-11-16/h3,5-6,8-11,18H,4,7,12H2,1-2H3,(H,21,23)/t18-/m0/s1. The summed E-state index contributed by atoms with van der Waals surface area (Å²) in [5.74, 6) is -0.850. The maximum absolute atomic E-state index is 13.1. The van der Waals surface area contributed by atoms with E-state index in [-0.39, 0.29) is 17.3 Å². The van der Waals surface area contributed by atoms with Crippen LogP contribution in [0.5, 0.6) is 0 Å². The van der Waals surface area contributed by atoms with E-state index in [0.29, 0.717) is 18.5 Å². The van der Waals surface area contributed by atoms with Crippen molar-refractivity contribution in [3.05, 3.63) is 59.4 Å². The summed E-state index contributed by atoms with van der Waals surface area (Å²) < 4.78 is 40.0. The number of nitrogens with zero attached hydrogens (tertiary/aromatic N) is 1. The number of nitrogens with one attached hydrogen (secondary N) is 1. The summed E-state index contributed by atoms with van der Waals surface area (Å²) >= 11 is 0. The number of sulfonamides is 1. The number of amides is 1. The van der Waals surface area contributed by atoms with Gasteiger partial charge in [-0.25, -0.2) is 12.8 Å². The highest BCUT2D eigenvalue weighted by Gasteiger charge is 2.39. The minimum Gasteiger partial charge on any atom is -0.324 e. The summed E-state index contributed by atoms with van der Waals surface area (Å²) in [5.41, 5.74) is 2.68. The van der Waals surface area contributed by atoms with Crippen molar-refractivity contribution < 1.29 is 17.6 Å². The zero-order chi connectivity index (χ0) is 18.9. The summed E-state index contributed by atoms with van der Waals surface area (Å²) in [4.78, 5) is 12.7. The van der Waals surface area contributed by atoms with E-state index in [2.05, 4.69) is 5.32 Å². The molecule has 138 valence electrons. The fraction of sp³-hybridized carbons (Fsp3) is 0.316. The van der Waals surface area contributed by atoms with Crippen molar-refractivity contribution in [3.63, 3.8) is 0 Å². The molecule has 0 aliphatic carbocycles. The molecule has 0 aromatic heterocycles. The van der Waals surface area contributed by atoms with E-state index >= 15 is 0 Å². The first-order chi connectivity index (χ1) is 12.3. The van der Waals surface area contributed by atoms with E-state index < -0.39 is 21.9 Å². The average molecular weight is 376 g/mol. The predicted octanol–water partition coefficient (Wildman–Crippen LogP) is 3.23. The second-order valence-electron chi connectivity index (χ2n) is 6.46. The van der Waals surface area contributed by atoms with Crippen LogP contribution in [0.15, 0.2) is 47.4 Å². The third kappa shape index (κ3) is 3.50. The van der Waals surface area contributed by atoms with Gasteiger partial charge in [0.1, 0.15) is 11.9 Å². The Morgan fingerprint density at radius 3 is 2.54 bits per heavy atom. The average Bonchev–Trinajstić information content (AvgIpc) is 3.10. The van der Waals surface area contributed by atoms with Crippen molar-refractivity contribution in [2.45, 2.75) is 37.6 Å². The molecule has 5 nitrogen and oxygen atoms in total. The zero-order valence-corrected chi connectivity index (χ0v) is 15.5. The molecule has 1 amide bonds. The molecular weight excluding hydrogens is 355 g/mol. The number of rotatable bonds is 4. The minimum absolute atomic E-state index is 0.00895. The van der Waals surface area contributed by atoms with Crippen LogP contribution < -0.4 is 5.32 Å². The molecule has 3 rings (SSSR count). The SMILES string of the molecule is Cc1cccc(NC(=O)[C@@H]2CCCN2S(=O)(=O)c2ccc(F)cc2)c1C. The van der Waals surface area contributed by atoms with Gasteiger partial charge in [-0.05, 0) is 68.1 Å². The summed E-state index contributed by atoms with van der Waals surface area (Å²) in [7, 11) is -3.85. The summed E-state index contributed by atoms with van der Waals surface area (Å²) in [6, 6.07) is 9.48. The molecule has 0 unspecified atom stereocenters. The van der Waals surface area contributed by atoms with Crippen LogP contribution in [0.3, 0.4) is 0 Å². The Kier molecular flexibility index (Phi) is 5.11. The molecule has 26 heavy (non-hydrogen) atoms. The van der Waals surface area contributed by atoms with Crippen molar-refractivity contribution in [2.75, 3.05) is 11.9 Å². The molecule has 1 aliphatic heterocycles. The van der Waals surface area contributed by atoms with Gasteiger partial charge in [-0.15, -0.1) is 0 Å². The largest absolute Gasteiger partial charge is 0.324 e. The zero-order valence-electron chi connectivity index (χ0n) is 14.7. The van der Waals surface area contributed by atoms with E-state index in [0.717, 1.165) is 23.3 Å². The lowest BCUT2D eigenvalue weighted by Crippen LogP contribution is -2.43. The van der Waals surface area contributed by atoms with Gasteiger partial charge in [-0.2, -0.15) is 4.31 Å². The van der Waals surface area contributed by atoms with Gasteiger partial charge in [0.15, 0.2) is 0 Å². The normalized spacial score (nSPS) is 18.0. The van der Waals surface area contributed by atoms with Gasteiger partial charge in [-0.3, -0.25) is 4.79 Å². The van der Waals surface area contributed by atoms with Gasteiger partial charge in [0.2, 0.25) is 15.9 Å². The van der Waals surface area contributed by atoms with Gasteiger partial charge in [0, 0.05) is 12.2 Å². The van der Waals surface area contributed by atoms with E-state index in [4.69, 9.17) is 0 Å². The number of anilines is 1. The molecule has 1 aliphatic rings. The Labute approximate surface area is 152 Å². The third-order valence-corrected chi connectivity index (χ3v) is 6.71. The number of carbonyl (C=O) groups excluding carboxylic acids is 1. The molecule has 2 aromatic rings. The molecule has 2 aromatic carbocycles. The smallest absolute Gasteiger partial charge is 0.243 e. The molecule has 1 fully saturated rings. The van der Waals surface area contributed by atoms with Gasteiger partial charge in [-0.1, -0.05) is 12.1 Å². The van der Waals surface area contributed by atoms with Crippen molar-refractivity contribution in [2.24, 2.45) is 0 Å². The van der Waals surface area contributed by atoms with E-state index in [1.54, 1.807) is 6.07 Å². The fourth-order valence-electron chi connectivity index (χ4n) is 3.13. The van der Waals surface area contributed by atoms with Crippen molar-refractivity contribution >= 4 is 21.6 Å². The predicted molar refractivity (Wildman–Crippen MR) is 97.9 cm³/mol. The molecule has 0 saturated carbocycles. The van der Waals surface area contributed by atoms with Crippen LogP contribution in [0.25, 0.3) is 0 Å². The molecule has 1 atom stereocenters. The number of hydrogen-bond acceptors (Lipinski definition) is 3. The lowest BCUT2D eigenvalue weighted by Gasteiger charge is -2.24. The topological polar surface area (TPSA) is 66.5 Å². The first kappa shape index (κ1) is 18.5. The lowest BCUT2D eigenvalue weighted by atomic mass is 10.1. The van der Waals surface area contributed by atoms with Crippen LogP contribution in [0.2, 0.25) is 0 Å². The maximum atomic E-state index is 13.1. The second kappa shape index (κ2) is 7.17. The van der Waals surface area contributed by atoms with Gasteiger partial charge < -0.3 is 5.32 Å². The monoisotopic (exact) mass is 376 g/mol. The van der Waals surface area contributed by atoms with Crippen molar-refractivity contribution in [3.8, 4) is 0 Å². The molecule has 1 saturated heterocycles. The first-order valence-electron chi connectivity index (χ1n) is 8.45. The van der Waals surface area contributed by atoms with Gasteiger partial charge in [0.25, 0.3) is 0 Å². The number of halogens is 1. The number of aryl methyl sites for hydroxylation is 1. The molecule has 0 radical (unpaired) electrons. The molecule has 0 spiro atoms. The molecule has 1 N–H and O–H groups in total. The first-order valence-corrected chi connectivity index (χ1v) is 9.89.